The summed E-state index contributed by atoms with van der Waals surface area (Å²) in [7, 11) is 1.66. The molecule has 0 bridgehead atoms. The van der Waals surface area contributed by atoms with Crippen LogP contribution in [0.3, 0.4) is 0 Å². The molecule has 142 valence electrons. The maximum Gasteiger partial charge on any atom is 0.291 e. The molecule has 0 radical (unpaired) electrons. The number of hydrogen-bond acceptors (Lipinski definition) is 4. The van der Waals surface area contributed by atoms with E-state index in [4.69, 9.17) is 4.74 Å². The maximum absolute atomic E-state index is 12.7. The van der Waals surface area contributed by atoms with Gasteiger partial charge in [0, 0.05) is 49.5 Å². The van der Waals surface area contributed by atoms with Crippen molar-refractivity contribution in [1.29, 1.82) is 0 Å². The number of carbonyl (C=O) groups excluding carboxylic acids is 1. The number of ether oxygens (including phenoxy) is 1. The van der Waals surface area contributed by atoms with Crippen molar-refractivity contribution in [1.82, 2.24) is 19.7 Å². The first-order valence-electron chi connectivity index (χ1n) is 9.46. The lowest BCUT2D eigenvalue weighted by Gasteiger charge is -2.11. The van der Waals surface area contributed by atoms with Crippen LogP contribution in [-0.2, 0) is 23.1 Å². The summed E-state index contributed by atoms with van der Waals surface area (Å²) in [6, 6.07) is 7.93. The fourth-order valence-corrected chi connectivity index (χ4v) is 3.79. The summed E-state index contributed by atoms with van der Waals surface area (Å²) in [6.07, 6.45) is 5.06. The van der Waals surface area contributed by atoms with Gasteiger partial charge in [-0.25, -0.2) is 4.68 Å². The molecule has 2 aromatic heterocycles. The Bertz CT molecular complexity index is 1030. The van der Waals surface area contributed by atoms with Gasteiger partial charge in [0.25, 0.3) is 5.56 Å². The normalized spacial score (nSPS) is 17.0. The van der Waals surface area contributed by atoms with Crippen LogP contribution >= 0.6 is 0 Å². The number of benzene rings is 1. The Morgan fingerprint density at radius 3 is 3.00 bits per heavy atom. The number of carbonyl (C=O) groups is 1. The van der Waals surface area contributed by atoms with Gasteiger partial charge in [0.05, 0.1) is 12.3 Å². The third kappa shape index (κ3) is 3.47. The van der Waals surface area contributed by atoms with Crippen molar-refractivity contribution in [3.63, 3.8) is 0 Å². The zero-order valence-corrected chi connectivity index (χ0v) is 15.5. The molecule has 1 N–H and O–H groups in total. The summed E-state index contributed by atoms with van der Waals surface area (Å²) in [5, 5.41) is 8.98. The summed E-state index contributed by atoms with van der Waals surface area (Å²) in [5.41, 5.74) is 1.53. The molecule has 27 heavy (non-hydrogen) atoms. The van der Waals surface area contributed by atoms with Crippen LogP contribution in [0.1, 0.15) is 25.7 Å². The number of para-hydroxylation sites is 1. The van der Waals surface area contributed by atoms with Gasteiger partial charge in [-0.15, -0.1) is 0 Å². The van der Waals surface area contributed by atoms with E-state index in [2.05, 4.69) is 10.4 Å². The van der Waals surface area contributed by atoms with E-state index in [1.807, 2.05) is 28.8 Å². The number of fused-ring (bicyclic) bond motifs is 3. The minimum absolute atomic E-state index is 0.0286. The van der Waals surface area contributed by atoms with Crippen molar-refractivity contribution in [2.24, 2.45) is 7.05 Å². The molecular formula is C20H24N4O3. The second-order valence-electron chi connectivity index (χ2n) is 7.05. The molecule has 1 aromatic carbocycles. The summed E-state index contributed by atoms with van der Waals surface area (Å²) in [6.45, 7) is 1.98. The number of nitrogens with zero attached hydrogens (tertiary/aromatic N) is 3. The third-order valence-corrected chi connectivity index (χ3v) is 5.20. The predicted octanol–water partition coefficient (Wildman–Crippen LogP) is 1.96. The molecule has 3 heterocycles. The first-order chi connectivity index (χ1) is 13.1. The Balaban J connectivity index is 1.50. The molecule has 1 amide bonds. The summed E-state index contributed by atoms with van der Waals surface area (Å²) in [5.74, 6) is 0.0286. The zero-order chi connectivity index (χ0) is 18.8. The molecule has 1 fully saturated rings. The second-order valence-corrected chi connectivity index (χ2v) is 7.05. The largest absolute Gasteiger partial charge is 0.376 e. The van der Waals surface area contributed by atoms with Crippen molar-refractivity contribution >= 4 is 27.7 Å². The SMILES string of the molecule is Cn1ncc2c3ccccc3n(CCCC(=O)NCC3CCCO3)c2c1=O. The smallest absolute Gasteiger partial charge is 0.291 e. The lowest BCUT2D eigenvalue weighted by molar-refractivity contribution is -0.121. The van der Waals surface area contributed by atoms with Gasteiger partial charge in [-0.1, -0.05) is 18.2 Å². The van der Waals surface area contributed by atoms with E-state index >= 15 is 0 Å². The van der Waals surface area contributed by atoms with E-state index < -0.39 is 0 Å². The minimum atomic E-state index is -0.119. The monoisotopic (exact) mass is 368 g/mol. The molecule has 7 heteroatoms. The topological polar surface area (TPSA) is 78.2 Å². The van der Waals surface area contributed by atoms with E-state index in [-0.39, 0.29) is 17.6 Å². The Morgan fingerprint density at radius 2 is 2.19 bits per heavy atom. The van der Waals surface area contributed by atoms with Gasteiger partial charge in [0.1, 0.15) is 5.52 Å². The van der Waals surface area contributed by atoms with Crippen LogP contribution in [0.4, 0.5) is 0 Å². The number of aryl methyl sites for hydroxylation is 2. The third-order valence-electron chi connectivity index (χ3n) is 5.20. The predicted molar refractivity (Wildman–Crippen MR) is 104 cm³/mol. The molecule has 0 aliphatic carbocycles. The highest BCUT2D eigenvalue weighted by molar-refractivity contribution is 6.07. The van der Waals surface area contributed by atoms with Crippen LogP contribution < -0.4 is 10.9 Å². The zero-order valence-electron chi connectivity index (χ0n) is 15.5. The van der Waals surface area contributed by atoms with E-state index in [1.165, 1.54) is 4.68 Å². The van der Waals surface area contributed by atoms with E-state index in [9.17, 15) is 9.59 Å². The lowest BCUT2D eigenvalue weighted by atomic mass is 10.2. The van der Waals surface area contributed by atoms with Crippen molar-refractivity contribution in [3.8, 4) is 0 Å². The highest BCUT2D eigenvalue weighted by atomic mass is 16.5. The van der Waals surface area contributed by atoms with Gasteiger partial charge < -0.3 is 14.6 Å². The van der Waals surface area contributed by atoms with Crippen LogP contribution in [0.2, 0.25) is 0 Å². The fourth-order valence-electron chi connectivity index (χ4n) is 3.79. The molecule has 7 nitrogen and oxygen atoms in total. The highest BCUT2D eigenvalue weighted by Crippen LogP contribution is 2.26. The van der Waals surface area contributed by atoms with Crippen LogP contribution in [0.25, 0.3) is 21.8 Å². The molecule has 1 unspecified atom stereocenters. The van der Waals surface area contributed by atoms with Crippen LogP contribution in [-0.4, -0.2) is 39.5 Å². The van der Waals surface area contributed by atoms with E-state index in [1.54, 1.807) is 13.2 Å². The van der Waals surface area contributed by atoms with Crippen molar-refractivity contribution in [2.45, 2.75) is 38.3 Å². The minimum Gasteiger partial charge on any atom is -0.376 e. The molecule has 1 aliphatic rings. The van der Waals surface area contributed by atoms with E-state index in [0.717, 1.165) is 35.7 Å². The van der Waals surface area contributed by atoms with Crippen molar-refractivity contribution in [3.05, 3.63) is 40.8 Å². The molecule has 0 spiro atoms. The second kappa shape index (κ2) is 7.52. The van der Waals surface area contributed by atoms with Crippen molar-refractivity contribution in [2.75, 3.05) is 13.2 Å². The van der Waals surface area contributed by atoms with Gasteiger partial charge in [-0.05, 0) is 25.3 Å². The lowest BCUT2D eigenvalue weighted by Crippen LogP contribution is -2.31. The molecule has 3 aromatic rings. The van der Waals surface area contributed by atoms with Gasteiger partial charge in [-0.3, -0.25) is 9.59 Å². The molecule has 1 aliphatic heterocycles. The standard InChI is InChI=1S/C20H24N4O3/c1-23-20(26)19-16(13-22-23)15-7-2-3-8-17(15)24(19)10-4-9-18(25)21-12-14-6-5-11-27-14/h2-3,7-8,13-14H,4-6,9-12H2,1H3,(H,21,25). The molecular weight excluding hydrogens is 344 g/mol. The quantitative estimate of drug-likeness (QED) is 0.721. The highest BCUT2D eigenvalue weighted by Gasteiger charge is 2.17. The maximum atomic E-state index is 12.7. The van der Waals surface area contributed by atoms with Gasteiger partial charge >= 0.3 is 0 Å². The van der Waals surface area contributed by atoms with E-state index in [0.29, 0.717) is 31.4 Å². The van der Waals surface area contributed by atoms with Crippen LogP contribution in [0.5, 0.6) is 0 Å². The first kappa shape index (κ1) is 17.7. The Labute approximate surface area is 156 Å². The average molecular weight is 368 g/mol. The van der Waals surface area contributed by atoms with Crippen LogP contribution in [0, 0.1) is 0 Å². The summed E-state index contributed by atoms with van der Waals surface area (Å²) < 4.78 is 8.89. The molecule has 1 saturated heterocycles. The Hall–Kier alpha value is -2.67. The fraction of sp³-hybridized carbons (Fsp3) is 0.450. The number of aromatic nitrogens is 3. The number of amides is 1. The molecule has 0 saturated carbocycles. The number of rotatable bonds is 6. The Morgan fingerprint density at radius 1 is 1.33 bits per heavy atom. The van der Waals surface area contributed by atoms with Gasteiger partial charge in [0.2, 0.25) is 5.91 Å². The summed E-state index contributed by atoms with van der Waals surface area (Å²) in [4.78, 5) is 24.8. The molecule has 1 atom stereocenters. The number of hydrogen-bond donors (Lipinski definition) is 1. The first-order valence-corrected chi connectivity index (χ1v) is 9.46. The Kier molecular flexibility index (Phi) is 4.94. The van der Waals surface area contributed by atoms with Crippen LogP contribution in [0.15, 0.2) is 35.3 Å². The van der Waals surface area contributed by atoms with Crippen molar-refractivity contribution < 1.29 is 9.53 Å². The molecule has 4 rings (SSSR count). The van der Waals surface area contributed by atoms with Gasteiger partial charge in [-0.2, -0.15) is 5.10 Å². The van der Waals surface area contributed by atoms with Gasteiger partial charge in [0.15, 0.2) is 0 Å². The summed E-state index contributed by atoms with van der Waals surface area (Å²) >= 11 is 0. The average Bonchev–Trinajstić information content (AvgIpc) is 3.30. The number of nitrogens with one attached hydrogen (secondary N) is 1.